The normalized spacial score (nSPS) is 18.3. The van der Waals surface area contributed by atoms with Gasteiger partial charge in [-0.25, -0.2) is 4.98 Å². The third kappa shape index (κ3) is 4.19. The van der Waals surface area contributed by atoms with E-state index in [-0.39, 0.29) is 11.3 Å². The second-order valence-corrected chi connectivity index (χ2v) is 10.6. The van der Waals surface area contributed by atoms with Gasteiger partial charge in [0.25, 0.3) is 5.78 Å². The molecule has 192 valence electrons. The minimum Gasteiger partial charge on any atom is -0.507 e. The number of anilines is 1. The predicted octanol–water partition coefficient (Wildman–Crippen LogP) is 5.86. The van der Waals surface area contributed by atoms with Crippen molar-refractivity contribution in [2.45, 2.75) is 13.0 Å². The maximum atomic E-state index is 13.5. The number of ether oxygens (including phenoxy) is 3. The highest BCUT2D eigenvalue weighted by atomic mass is 79.9. The van der Waals surface area contributed by atoms with Crippen molar-refractivity contribution in [3.05, 3.63) is 81.8 Å². The third-order valence-electron chi connectivity index (χ3n) is 6.29. The van der Waals surface area contributed by atoms with Gasteiger partial charge in [-0.1, -0.05) is 39.4 Å². The Morgan fingerprint density at radius 2 is 1.92 bits per heavy atom. The Kier molecular flexibility index (Phi) is 6.29. The van der Waals surface area contributed by atoms with Crippen LogP contribution >= 0.6 is 27.3 Å². The topological polar surface area (TPSA) is 98.2 Å². The van der Waals surface area contributed by atoms with Crippen LogP contribution in [0.2, 0.25) is 0 Å². The first-order chi connectivity index (χ1) is 18.4. The second kappa shape index (κ2) is 9.77. The van der Waals surface area contributed by atoms with E-state index in [1.807, 2.05) is 49.4 Å². The van der Waals surface area contributed by atoms with Gasteiger partial charge in [-0.3, -0.25) is 14.5 Å². The number of nitrogens with zero attached hydrogens (tertiary/aromatic N) is 2. The van der Waals surface area contributed by atoms with Gasteiger partial charge >= 0.3 is 5.91 Å². The average Bonchev–Trinajstić information content (AvgIpc) is 3.46. The van der Waals surface area contributed by atoms with Gasteiger partial charge in [-0.05, 0) is 61.0 Å². The number of aromatic nitrogens is 1. The summed E-state index contributed by atoms with van der Waals surface area (Å²) in [6.07, 6.45) is 0. The number of halogens is 1. The summed E-state index contributed by atoms with van der Waals surface area (Å²) in [5, 5.41) is 11.8. The first-order valence-electron chi connectivity index (χ1n) is 11.9. The van der Waals surface area contributed by atoms with Crippen LogP contribution in [0, 0.1) is 0 Å². The second-order valence-electron chi connectivity index (χ2n) is 8.64. The quantitative estimate of drug-likeness (QED) is 0.176. The molecule has 1 atom stereocenters. The molecular weight excluding hydrogens is 572 g/mol. The fraction of sp³-hybridized carbons (Fsp3) is 0.179. The van der Waals surface area contributed by atoms with Gasteiger partial charge in [-0.15, -0.1) is 0 Å². The van der Waals surface area contributed by atoms with Crippen LogP contribution in [0.5, 0.6) is 17.2 Å². The zero-order valence-corrected chi connectivity index (χ0v) is 22.5. The van der Waals surface area contributed by atoms with Crippen molar-refractivity contribution >= 4 is 60.1 Å². The minimum absolute atomic E-state index is 0.0287. The smallest absolute Gasteiger partial charge is 0.301 e. The Morgan fingerprint density at radius 1 is 1.11 bits per heavy atom. The lowest BCUT2D eigenvalue weighted by Crippen LogP contribution is -2.29. The number of hydrogen-bond acceptors (Lipinski definition) is 8. The number of fused-ring (bicyclic) bond motifs is 2. The fourth-order valence-electron chi connectivity index (χ4n) is 4.62. The summed E-state index contributed by atoms with van der Waals surface area (Å²) in [6, 6.07) is 16.8. The number of carbonyl (C=O) groups is 2. The maximum absolute atomic E-state index is 13.5. The number of thiazole rings is 1. The molecule has 3 aromatic carbocycles. The summed E-state index contributed by atoms with van der Waals surface area (Å²) >= 11 is 4.77. The van der Waals surface area contributed by atoms with Crippen molar-refractivity contribution in [1.82, 2.24) is 4.98 Å². The largest absolute Gasteiger partial charge is 0.507 e. The van der Waals surface area contributed by atoms with Gasteiger partial charge in [0, 0.05) is 10.0 Å². The summed E-state index contributed by atoms with van der Waals surface area (Å²) in [5.74, 6) is -0.149. The summed E-state index contributed by atoms with van der Waals surface area (Å²) in [5.41, 5.74) is 1.64. The van der Waals surface area contributed by atoms with Crippen molar-refractivity contribution < 1.29 is 28.9 Å². The van der Waals surface area contributed by atoms with Gasteiger partial charge in [0.2, 0.25) is 0 Å². The summed E-state index contributed by atoms with van der Waals surface area (Å²) < 4.78 is 18.4. The molecule has 1 aromatic heterocycles. The van der Waals surface area contributed by atoms with Crippen molar-refractivity contribution in [2.24, 2.45) is 0 Å². The third-order valence-corrected chi connectivity index (χ3v) is 7.80. The van der Waals surface area contributed by atoms with Gasteiger partial charge in [0.05, 0.1) is 28.4 Å². The molecule has 3 heterocycles. The monoisotopic (exact) mass is 592 g/mol. The molecule has 2 aliphatic rings. The SMILES string of the molecule is CCOc1ccc2nc(N3C(=O)C(=O)C(=C(O)c4ccc5c(c4)OCCO5)[C@@H]3c3cccc(Br)c3)sc2c1. The molecule has 1 fully saturated rings. The number of Topliss-reactive ketones (excluding diaryl/α,β-unsaturated/α-hetero) is 1. The first kappa shape index (κ1) is 24.4. The van der Waals surface area contributed by atoms with Crippen LogP contribution < -0.4 is 19.1 Å². The lowest BCUT2D eigenvalue weighted by atomic mass is 9.95. The molecule has 1 amide bonds. The molecule has 1 saturated heterocycles. The van der Waals surface area contributed by atoms with E-state index in [4.69, 9.17) is 14.2 Å². The van der Waals surface area contributed by atoms with Crippen molar-refractivity contribution in [2.75, 3.05) is 24.7 Å². The first-order valence-corrected chi connectivity index (χ1v) is 13.6. The van der Waals surface area contributed by atoms with Gasteiger partial charge in [-0.2, -0.15) is 0 Å². The summed E-state index contributed by atoms with van der Waals surface area (Å²) in [4.78, 5) is 33.0. The molecule has 6 rings (SSSR count). The molecule has 0 spiro atoms. The Labute approximate surface area is 230 Å². The molecule has 0 bridgehead atoms. The van der Waals surface area contributed by atoms with E-state index >= 15 is 0 Å². The van der Waals surface area contributed by atoms with Crippen molar-refractivity contribution in [1.29, 1.82) is 0 Å². The highest BCUT2D eigenvalue weighted by Gasteiger charge is 2.48. The number of aliphatic hydroxyl groups excluding tert-OH is 1. The van der Waals surface area contributed by atoms with E-state index in [0.717, 1.165) is 9.17 Å². The molecule has 0 saturated carbocycles. The Morgan fingerprint density at radius 3 is 2.71 bits per heavy atom. The van der Waals surface area contributed by atoms with Gasteiger partial charge in [0.15, 0.2) is 16.6 Å². The Hall–Kier alpha value is -3.89. The number of carbonyl (C=O) groups excluding carboxylic acids is 2. The molecule has 4 aromatic rings. The number of ketones is 1. The lowest BCUT2D eigenvalue weighted by Gasteiger charge is -2.23. The van der Waals surface area contributed by atoms with E-state index in [2.05, 4.69) is 20.9 Å². The minimum atomic E-state index is -0.896. The zero-order chi connectivity index (χ0) is 26.4. The van der Waals surface area contributed by atoms with Crippen LogP contribution in [-0.4, -0.2) is 41.6 Å². The number of aliphatic hydroxyl groups is 1. The molecular formula is C28H21BrN2O6S. The van der Waals surface area contributed by atoms with Crippen molar-refractivity contribution in [3.63, 3.8) is 0 Å². The molecule has 10 heteroatoms. The van der Waals surface area contributed by atoms with Crippen LogP contribution in [-0.2, 0) is 9.59 Å². The van der Waals surface area contributed by atoms with Crippen LogP contribution in [0.1, 0.15) is 24.1 Å². The molecule has 0 aliphatic carbocycles. The molecule has 8 nitrogen and oxygen atoms in total. The molecule has 2 aliphatic heterocycles. The molecule has 38 heavy (non-hydrogen) atoms. The standard InChI is InChI=1S/C28H21BrN2O6S/c1-2-35-18-7-8-19-22(14-18)38-28(30-19)31-24(15-4-3-5-17(29)12-15)23(26(33)27(31)34)25(32)16-6-9-20-21(13-16)37-11-10-36-20/h3-9,12-14,24,32H,2,10-11H2,1H3/t24-/m0/s1. The number of benzene rings is 3. The van der Waals surface area contributed by atoms with Gasteiger partial charge in [0.1, 0.15) is 24.7 Å². The van der Waals surface area contributed by atoms with Crippen LogP contribution in [0.3, 0.4) is 0 Å². The average molecular weight is 593 g/mol. The van der Waals surface area contributed by atoms with Crippen molar-refractivity contribution in [3.8, 4) is 17.2 Å². The van der Waals surface area contributed by atoms with E-state index < -0.39 is 17.7 Å². The molecule has 1 N–H and O–H groups in total. The molecule has 0 unspecified atom stereocenters. The highest BCUT2D eigenvalue weighted by molar-refractivity contribution is 9.10. The van der Waals surface area contributed by atoms with Crippen LogP contribution in [0.15, 0.2) is 70.7 Å². The Balaban J connectivity index is 1.51. The predicted molar refractivity (Wildman–Crippen MR) is 147 cm³/mol. The summed E-state index contributed by atoms with van der Waals surface area (Å²) in [6.45, 7) is 3.23. The maximum Gasteiger partial charge on any atom is 0.301 e. The van der Waals surface area contributed by atoms with E-state index in [9.17, 15) is 14.7 Å². The zero-order valence-electron chi connectivity index (χ0n) is 20.1. The van der Waals surface area contributed by atoms with E-state index in [0.29, 0.717) is 58.8 Å². The van der Waals surface area contributed by atoms with E-state index in [1.54, 1.807) is 18.2 Å². The highest BCUT2D eigenvalue weighted by Crippen LogP contribution is 2.45. The summed E-state index contributed by atoms with van der Waals surface area (Å²) in [7, 11) is 0. The molecule has 0 radical (unpaired) electrons. The van der Waals surface area contributed by atoms with Crippen LogP contribution in [0.25, 0.3) is 16.0 Å². The van der Waals surface area contributed by atoms with Gasteiger partial charge < -0.3 is 19.3 Å². The fourth-order valence-corrected chi connectivity index (χ4v) is 6.06. The van der Waals surface area contributed by atoms with E-state index in [1.165, 1.54) is 16.2 Å². The Bertz CT molecular complexity index is 1630. The number of hydrogen-bond donors (Lipinski definition) is 1. The number of rotatable bonds is 5. The lowest BCUT2D eigenvalue weighted by molar-refractivity contribution is -0.132. The van der Waals surface area contributed by atoms with Crippen LogP contribution in [0.4, 0.5) is 5.13 Å². The number of amides is 1.